The summed E-state index contributed by atoms with van der Waals surface area (Å²) in [5.41, 5.74) is 1.46. The average Bonchev–Trinajstić information content (AvgIpc) is 2.86. The minimum Gasteiger partial charge on any atom is -0.336 e. The molecule has 1 aliphatic rings. The van der Waals surface area contributed by atoms with Gasteiger partial charge in [0.05, 0.1) is 29.4 Å². The van der Waals surface area contributed by atoms with Gasteiger partial charge in [0.2, 0.25) is 0 Å². The van der Waals surface area contributed by atoms with Crippen molar-refractivity contribution in [1.82, 2.24) is 15.1 Å². The first-order valence-electron chi connectivity index (χ1n) is 6.17. The molecule has 5 nitrogen and oxygen atoms in total. The number of carbonyl (C=O) groups excluding carboxylic acids is 1. The summed E-state index contributed by atoms with van der Waals surface area (Å²) in [7, 11) is 0. The quantitative estimate of drug-likeness (QED) is 0.904. The fourth-order valence-corrected chi connectivity index (χ4v) is 2.21. The normalized spacial score (nSPS) is 14.7. The van der Waals surface area contributed by atoms with Gasteiger partial charge >= 0.3 is 0 Å². The monoisotopic (exact) mass is 270 g/mol. The minimum absolute atomic E-state index is 0.0940. The van der Waals surface area contributed by atoms with Crippen LogP contribution in [0.1, 0.15) is 10.4 Å². The van der Waals surface area contributed by atoms with E-state index >= 15 is 0 Å². The number of nitriles is 1. The second kappa shape index (κ2) is 4.78. The summed E-state index contributed by atoms with van der Waals surface area (Å²) in [5.74, 6) is -0.656. The molecule has 1 aromatic heterocycles. The predicted molar refractivity (Wildman–Crippen MR) is 69.0 cm³/mol. The number of hydrogen-bond acceptors (Lipinski definition) is 3. The van der Waals surface area contributed by atoms with Crippen LogP contribution in [0.15, 0.2) is 30.5 Å². The minimum atomic E-state index is -0.371. The zero-order valence-electron chi connectivity index (χ0n) is 10.5. The van der Waals surface area contributed by atoms with Gasteiger partial charge in [-0.25, -0.2) is 4.39 Å². The fraction of sp³-hybridized carbons (Fsp3) is 0.214. The molecule has 1 amide bonds. The predicted octanol–water partition coefficient (Wildman–Crippen LogP) is 1.81. The van der Waals surface area contributed by atoms with Crippen molar-refractivity contribution >= 4 is 5.91 Å². The number of amides is 1. The lowest BCUT2D eigenvalue weighted by atomic mass is 10.00. The highest BCUT2D eigenvalue weighted by Gasteiger charge is 2.32. The van der Waals surface area contributed by atoms with Crippen LogP contribution in [-0.2, 0) is 0 Å². The molecule has 6 heteroatoms. The molecule has 1 aromatic carbocycles. The molecule has 100 valence electrons. The molecule has 0 atom stereocenters. The molecule has 1 N–H and O–H groups in total. The number of rotatable bonds is 2. The number of nitrogens with one attached hydrogen (secondary N) is 1. The zero-order chi connectivity index (χ0) is 14.1. The summed E-state index contributed by atoms with van der Waals surface area (Å²) in [6.07, 6.45) is 1.43. The van der Waals surface area contributed by atoms with Gasteiger partial charge in [-0.05, 0) is 12.1 Å². The van der Waals surface area contributed by atoms with Gasteiger partial charge in [-0.15, -0.1) is 0 Å². The second-order valence-corrected chi connectivity index (χ2v) is 4.71. The molecule has 0 bridgehead atoms. The van der Waals surface area contributed by atoms with Crippen molar-refractivity contribution in [3.05, 3.63) is 41.8 Å². The molecule has 0 unspecified atom stereocenters. The lowest BCUT2D eigenvalue weighted by Gasteiger charge is -2.35. The first-order valence-corrected chi connectivity index (χ1v) is 6.17. The first-order chi connectivity index (χ1) is 9.69. The Morgan fingerprint density at radius 3 is 3.00 bits per heavy atom. The molecule has 0 aliphatic carbocycles. The Balaban J connectivity index is 1.88. The summed E-state index contributed by atoms with van der Waals surface area (Å²) in [5, 5.41) is 15.3. The van der Waals surface area contributed by atoms with Gasteiger partial charge in [0.1, 0.15) is 5.82 Å². The van der Waals surface area contributed by atoms with Crippen molar-refractivity contribution in [2.75, 3.05) is 13.1 Å². The smallest absolute Gasteiger partial charge is 0.257 e. The van der Waals surface area contributed by atoms with E-state index in [2.05, 4.69) is 16.3 Å². The molecule has 2 heterocycles. The summed E-state index contributed by atoms with van der Waals surface area (Å²) < 4.78 is 13.3. The molecular weight excluding hydrogens is 259 g/mol. The number of carbonyl (C=O) groups is 1. The number of likely N-dealkylation sites (tertiary alicyclic amines) is 1. The van der Waals surface area contributed by atoms with Crippen LogP contribution in [0.3, 0.4) is 0 Å². The molecular formula is C14H11FN4O. The highest BCUT2D eigenvalue weighted by atomic mass is 19.1. The van der Waals surface area contributed by atoms with E-state index in [0.717, 1.165) is 0 Å². The number of benzene rings is 1. The Hall–Kier alpha value is -2.68. The average molecular weight is 270 g/mol. The molecule has 1 saturated heterocycles. The van der Waals surface area contributed by atoms with Crippen molar-refractivity contribution in [2.45, 2.75) is 0 Å². The van der Waals surface area contributed by atoms with E-state index in [1.54, 1.807) is 17.0 Å². The topological polar surface area (TPSA) is 72.8 Å². The Bertz CT molecular complexity index is 697. The Kier molecular flexibility index (Phi) is 2.95. The van der Waals surface area contributed by atoms with E-state index in [-0.39, 0.29) is 17.6 Å². The van der Waals surface area contributed by atoms with Gasteiger partial charge < -0.3 is 4.90 Å². The maximum atomic E-state index is 13.3. The molecule has 3 rings (SSSR count). The standard InChI is InChI=1S/C14H11FN4O/c15-11-3-1-2-10(4-11)13-12(6-17-18-13)14(20)19-7-9(5-16)8-19/h1-4,6,9H,7-8H2,(H,17,18). The van der Waals surface area contributed by atoms with Gasteiger partial charge in [-0.2, -0.15) is 10.4 Å². The first kappa shape index (κ1) is 12.4. The third-order valence-corrected chi connectivity index (χ3v) is 3.33. The third kappa shape index (κ3) is 2.03. The van der Waals surface area contributed by atoms with Crippen molar-refractivity contribution in [3.63, 3.8) is 0 Å². The van der Waals surface area contributed by atoms with Gasteiger partial charge in [-0.1, -0.05) is 12.1 Å². The molecule has 1 aliphatic heterocycles. The lowest BCUT2D eigenvalue weighted by Crippen LogP contribution is -2.49. The molecule has 20 heavy (non-hydrogen) atoms. The van der Waals surface area contributed by atoms with E-state index in [4.69, 9.17) is 5.26 Å². The third-order valence-electron chi connectivity index (χ3n) is 3.33. The lowest BCUT2D eigenvalue weighted by molar-refractivity contribution is 0.0578. The van der Waals surface area contributed by atoms with Crippen molar-refractivity contribution in [1.29, 1.82) is 5.26 Å². The number of halogens is 1. The molecule has 0 radical (unpaired) electrons. The van der Waals surface area contributed by atoms with Crippen LogP contribution >= 0.6 is 0 Å². The van der Waals surface area contributed by atoms with Crippen LogP contribution in [0.2, 0.25) is 0 Å². The number of hydrogen-bond donors (Lipinski definition) is 1. The zero-order valence-corrected chi connectivity index (χ0v) is 10.5. The van der Waals surface area contributed by atoms with E-state index in [9.17, 15) is 9.18 Å². The molecule has 1 fully saturated rings. The fourth-order valence-electron chi connectivity index (χ4n) is 2.21. The maximum Gasteiger partial charge on any atom is 0.257 e. The second-order valence-electron chi connectivity index (χ2n) is 4.71. The van der Waals surface area contributed by atoms with Crippen molar-refractivity contribution in [3.8, 4) is 17.3 Å². The Labute approximate surface area is 114 Å². The van der Waals surface area contributed by atoms with Crippen LogP contribution in [0.25, 0.3) is 11.3 Å². The van der Waals surface area contributed by atoms with Gasteiger partial charge in [0.15, 0.2) is 0 Å². The molecule has 0 spiro atoms. The van der Waals surface area contributed by atoms with Crippen LogP contribution in [0, 0.1) is 23.1 Å². The van der Waals surface area contributed by atoms with E-state index in [1.807, 2.05) is 0 Å². The van der Waals surface area contributed by atoms with Gasteiger partial charge in [0.25, 0.3) is 5.91 Å². The van der Waals surface area contributed by atoms with E-state index in [1.165, 1.54) is 18.3 Å². The van der Waals surface area contributed by atoms with Crippen molar-refractivity contribution in [2.24, 2.45) is 5.92 Å². The number of H-pyrrole nitrogens is 1. The van der Waals surface area contributed by atoms with Gasteiger partial charge in [-0.3, -0.25) is 9.89 Å². The van der Waals surface area contributed by atoms with Crippen LogP contribution in [0.5, 0.6) is 0 Å². The van der Waals surface area contributed by atoms with Crippen LogP contribution in [-0.4, -0.2) is 34.1 Å². The van der Waals surface area contributed by atoms with Gasteiger partial charge in [0, 0.05) is 18.7 Å². The summed E-state index contributed by atoms with van der Waals surface area (Å²) in [6, 6.07) is 8.09. The van der Waals surface area contributed by atoms with Crippen LogP contribution in [0.4, 0.5) is 4.39 Å². The molecule has 2 aromatic rings. The highest BCUT2D eigenvalue weighted by molar-refractivity contribution is 6.00. The number of aromatic nitrogens is 2. The summed E-state index contributed by atoms with van der Waals surface area (Å²) in [4.78, 5) is 13.9. The maximum absolute atomic E-state index is 13.3. The van der Waals surface area contributed by atoms with E-state index in [0.29, 0.717) is 29.9 Å². The highest BCUT2D eigenvalue weighted by Crippen LogP contribution is 2.25. The van der Waals surface area contributed by atoms with E-state index < -0.39 is 0 Å². The molecule has 0 saturated carbocycles. The summed E-state index contributed by atoms with van der Waals surface area (Å²) in [6.45, 7) is 0.867. The Morgan fingerprint density at radius 2 is 2.30 bits per heavy atom. The summed E-state index contributed by atoms with van der Waals surface area (Å²) >= 11 is 0. The SMILES string of the molecule is N#CC1CN(C(=O)c2cn[nH]c2-c2cccc(F)c2)C1. The number of aromatic amines is 1. The van der Waals surface area contributed by atoms with Crippen molar-refractivity contribution < 1.29 is 9.18 Å². The number of nitrogens with zero attached hydrogens (tertiary/aromatic N) is 3. The van der Waals surface area contributed by atoms with Crippen LogP contribution < -0.4 is 0 Å². The Morgan fingerprint density at radius 1 is 1.50 bits per heavy atom. The largest absolute Gasteiger partial charge is 0.336 e.